The van der Waals surface area contributed by atoms with Crippen LogP contribution in [0.25, 0.3) is 0 Å². The number of benzene rings is 2. The Morgan fingerprint density at radius 3 is 2.78 bits per heavy atom. The van der Waals surface area contributed by atoms with Crippen LogP contribution in [-0.4, -0.2) is 50.3 Å². The summed E-state index contributed by atoms with van der Waals surface area (Å²) in [6.07, 6.45) is 1.03. The van der Waals surface area contributed by atoms with Gasteiger partial charge in [0.1, 0.15) is 17.5 Å². The molecule has 1 saturated heterocycles. The fraction of sp³-hybridized carbons (Fsp3) is 0.364. The van der Waals surface area contributed by atoms with E-state index in [2.05, 4.69) is 10.6 Å². The molecule has 0 unspecified atom stereocenters. The molecule has 2 aromatic rings. The van der Waals surface area contributed by atoms with Gasteiger partial charge in [0.05, 0.1) is 17.2 Å². The molecular weight excluding hydrogens is 434 g/mol. The minimum absolute atomic E-state index is 0.00765. The lowest BCUT2D eigenvalue weighted by Gasteiger charge is -2.24. The van der Waals surface area contributed by atoms with Gasteiger partial charge in [-0.3, -0.25) is 9.59 Å². The van der Waals surface area contributed by atoms with Gasteiger partial charge in [-0.1, -0.05) is 12.1 Å². The highest BCUT2D eigenvalue weighted by atomic mass is 32.2. The number of ether oxygens (including phenoxy) is 2. The molecule has 0 aromatic heterocycles. The molecule has 0 saturated carbocycles. The van der Waals surface area contributed by atoms with Gasteiger partial charge in [-0.05, 0) is 55.7 Å². The second-order valence-electron chi connectivity index (χ2n) is 7.56. The number of anilines is 1. The van der Waals surface area contributed by atoms with Crippen LogP contribution in [0.15, 0.2) is 47.4 Å². The van der Waals surface area contributed by atoms with Crippen molar-refractivity contribution < 1.29 is 27.5 Å². The highest BCUT2D eigenvalue weighted by Crippen LogP contribution is 2.33. The molecule has 10 heteroatoms. The summed E-state index contributed by atoms with van der Waals surface area (Å²) in [4.78, 5) is 24.4. The lowest BCUT2D eigenvalue weighted by atomic mass is 10.2. The molecule has 4 rings (SSSR count). The van der Waals surface area contributed by atoms with Gasteiger partial charge in [-0.15, -0.1) is 0 Å². The van der Waals surface area contributed by atoms with Crippen LogP contribution in [0, 0.1) is 0 Å². The molecule has 0 spiro atoms. The lowest BCUT2D eigenvalue weighted by Crippen LogP contribution is -2.45. The molecule has 2 heterocycles. The van der Waals surface area contributed by atoms with E-state index in [1.165, 1.54) is 22.5 Å². The summed E-state index contributed by atoms with van der Waals surface area (Å²) < 4.78 is 38.5. The highest BCUT2D eigenvalue weighted by molar-refractivity contribution is 7.89. The summed E-state index contributed by atoms with van der Waals surface area (Å²) in [5.74, 6) is 0.478. The maximum atomic E-state index is 13.3. The van der Waals surface area contributed by atoms with Crippen molar-refractivity contribution in [3.8, 4) is 11.5 Å². The van der Waals surface area contributed by atoms with Crippen LogP contribution in [0.4, 0.5) is 5.69 Å². The maximum Gasteiger partial charge on any atom is 0.262 e. The van der Waals surface area contributed by atoms with Crippen LogP contribution in [0.2, 0.25) is 0 Å². The van der Waals surface area contributed by atoms with Crippen molar-refractivity contribution in [2.75, 3.05) is 25.1 Å². The molecule has 2 aliphatic rings. The van der Waals surface area contributed by atoms with E-state index in [0.29, 0.717) is 30.9 Å². The molecule has 0 aliphatic carbocycles. The van der Waals surface area contributed by atoms with Crippen molar-refractivity contribution in [3.63, 3.8) is 0 Å². The van der Waals surface area contributed by atoms with Gasteiger partial charge < -0.3 is 20.1 Å². The van der Waals surface area contributed by atoms with Gasteiger partial charge in [0.15, 0.2) is 6.61 Å². The monoisotopic (exact) mass is 459 g/mol. The number of hydrogen-bond acceptors (Lipinski definition) is 6. The van der Waals surface area contributed by atoms with Crippen LogP contribution < -0.4 is 20.1 Å². The van der Waals surface area contributed by atoms with Crippen LogP contribution in [-0.2, 0) is 26.2 Å². The van der Waals surface area contributed by atoms with Crippen molar-refractivity contribution in [2.45, 2.75) is 37.2 Å². The number of nitrogens with zero attached hydrogens (tertiary/aromatic N) is 1. The third kappa shape index (κ3) is 4.56. The zero-order chi connectivity index (χ0) is 22.7. The predicted molar refractivity (Wildman–Crippen MR) is 117 cm³/mol. The van der Waals surface area contributed by atoms with Gasteiger partial charge in [-0.25, -0.2) is 8.42 Å². The largest absolute Gasteiger partial charge is 0.494 e. The fourth-order valence-corrected chi connectivity index (χ4v) is 5.51. The normalized spacial score (nSPS) is 18.4. The molecule has 9 nitrogen and oxygen atoms in total. The van der Waals surface area contributed by atoms with Gasteiger partial charge in [-0.2, -0.15) is 4.31 Å². The standard InChI is InChI=1S/C22H25N3O6S/c1-2-30-16-7-5-15(6-8-16)13-23-22(27)19-4-3-11-25(19)32(28,29)17-9-10-20-18(12-17)24-21(26)14-31-20/h5-10,12,19H,2-4,11,13-14H2,1H3,(H,23,27)(H,24,26)/t19-/m0/s1. The third-order valence-corrected chi connectivity index (χ3v) is 7.30. The summed E-state index contributed by atoms with van der Waals surface area (Å²) in [6, 6.07) is 10.9. The quantitative estimate of drug-likeness (QED) is 0.654. The Bertz CT molecular complexity index is 1120. The maximum absolute atomic E-state index is 13.3. The van der Waals surface area contributed by atoms with E-state index >= 15 is 0 Å². The number of carbonyl (C=O) groups is 2. The van der Waals surface area contributed by atoms with Crippen LogP contribution >= 0.6 is 0 Å². The zero-order valence-electron chi connectivity index (χ0n) is 17.7. The number of nitrogens with one attached hydrogen (secondary N) is 2. The average molecular weight is 460 g/mol. The van der Waals surface area contributed by atoms with Crippen molar-refractivity contribution in [3.05, 3.63) is 48.0 Å². The number of rotatable bonds is 7. The number of amides is 2. The Morgan fingerprint density at radius 2 is 2.03 bits per heavy atom. The van der Waals surface area contributed by atoms with Crippen LogP contribution in [0.1, 0.15) is 25.3 Å². The first-order chi connectivity index (χ1) is 15.4. The summed E-state index contributed by atoms with van der Waals surface area (Å²) in [5.41, 5.74) is 1.19. The molecular formula is C22H25N3O6S. The molecule has 0 bridgehead atoms. The first-order valence-electron chi connectivity index (χ1n) is 10.5. The first-order valence-corrected chi connectivity index (χ1v) is 11.9. The van der Waals surface area contributed by atoms with Gasteiger partial charge in [0.25, 0.3) is 5.91 Å². The Morgan fingerprint density at radius 1 is 1.25 bits per heavy atom. The van der Waals surface area contributed by atoms with E-state index in [-0.39, 0.29) is 36.4 Å². The Kier molecular flexibility index (Phi) is 6.33. The van der Waals surface area contributed by atoms with E-state index in [1.54, 1.807) is 0 Å². The zero-order valence-corrected chi connectivity index (χ0v) is 18.5. The molecule has 1 fully saturated rings. The second-order valence-corrected chi connectivity index (χ2v) is 9.45. The molecule has 2 aromatic carbocycles. The summed E-state index contributed by atoms with van der Waals surface area (Å²) in [7, 11) is -3.93. The van der Waals surface area contributed by atoms with E-state index < -0.39 is 16.1 Å². The molecule has 0 radical (unpaired) electrons. The van der Waals surface area contributed by atoms with Crippen LogP contribution in [0.3, 0.4) is 0 Å². The van der Waals surface area contributed by atoms with Crippen molar-refractivity contribution in [2.24, 2.45) is 0 Å². The Balaban J connectivity index is 1.45. The smallest absolute Gasteiger partial charge is 0.262 e. The fourth-order valence-electron chi connectivity index (χ4n) is 3.83. The van der Waals surface area contributed by atoms with E-state index in [4.69, 9.17) is 9.47 Å². The van der Waals surface area contributed by atoms with Crippen molar-refractivity contribution in [1.82, 2.24) is 9.62 Å². The minimum atomic E-state index is -3.93. The number of fused-ring (bicyclic) bond motifs is 1. The molecule has 2 aliphatic heterocycles. The molecule has 2 N–H and O–H groups in total. The van der Waals surface area contributed by atoms with Crippen molar-refractivity contribution >= 4 is 27.5 Å². The van der Waals surface area contributed by atoms with Crippen molar-refractivity contribution in [1.29, 1.82) is 0 Å². The number of sulfonamides is 1. The second kappa shape index (κ2) is 9.17. The molecule has 1 atom stereocenters. The minimum Gasteiger partial charge on any atom is -0.494 e. The van der Waals surface area contributed by atoms with Gasteiger partial charge in [0.2, 0.25) is 15.9 Å². The summed E-state index contributed by atoms with van der Waals surface area (Å²) >= 11 is 0. The average Bonchev–Trinajstić information content (AvgIpc) is 3.29. The highest BCUT2D eigenvalue weighted by Gasteiger charge is 2.39. The lowest BCUT2D eigenvalue weighted by molar-refractivity contribution is -0.124. The Hall–Kier alpha value is -3.11. The van der Waals surface area contributed by atoms with E-state index in [0.717, 1.165) is 11.3 Å². The van der Waals surface area contributed by atoms with Gasteiger partial charge >= 0.3 is 0 Å². The van der Waals surface area contributed by atoms with E-state index in [1.807, 2.05) is 31.2 Å². The van der Waals surface area contributed by atoms with Crippen LogP contribution in [0.5, 0.6) is 11.5 Å². The molecule has 32 heavy (non-hydrogen) atoms. The summed E-state index contributed by atoms with van der Waals surface area (Å²) in [6.45, 7) is 2.91. The third-order valence-electron chi connectivity index (χ3n) is 5.40. The van der Waals surface area contributed by atoms with Gasteiger partial charge in [0, 0.05) is 13.1 Å². The number of hydrogen-bond donors (Lipinski definition) is 2. The molecule has 2 amide bonds. The first kappa shape index (κ1) is 22.1. The predicted octanol–water partition coefficient (Wildman–Crippen LogP) is 1.89. The molecule has 170 valence electrons. The Labute approximate surface area is 186 Å². The number of carbonyl (C=O) groups excluding carboxylic acids is 2. The summed E-state index contributed by atoms with van der Waals surface area (Å²) in [5, 5.41) is 5.45. The SMILES string of the molecule is CCOc1ccc(CNC(=O)[C@@H]2CCCN2S(=O)(=O)c2ccc3c(c2)NC(=O)CO3)cc1. The van der Waals surface area contributed by atoms with E-state index in [9.17, 15) is 18.0 Å². The topological polar surface area (TPSA) is 114 Å².